The third kappa shape index (κ3) is 4.46. The molecule has 2 rings (SSSR count). The molecule has 21 heavy (non-hydrogen) atoms. The Morgan fingerprint density at radius 2 is 1.90 bits per heavy atom. The number of benzene rings is 2. The van der Waals surface area contributed by atoms with Gasteiger partial charge in [-0.2, -0.15) is 0 Å². The highest BCUT2D eigenvalue weighted by molar-refractivity contribution is 6.33. The number of amides is 1. The van der Waals surface area contributed by atoms with E-state index in [9.17, 15) is 9.18 Å². The summed E-state index contributed by atoms with van der Waals surface area (Å²) in [6.07, 6.45) is 0.418. The molecule has 0 aliphatic heterocycles. The molecule has 0 radical (unpaired) electrons. The van der Waals surface area contributed by atoms with Crippen LogP contribution >= 0.6 is 11.6 Å². The minimum Gasteiger partial charge on any atom is -0.380 e. The van der Waals surface area contributed by atoms with E-state index in [2.05, 4.69) is 10.6 Å². The van der Waals surface area contributed by atoms with Crippen LogP contribution in [0, 0.1) is 5.82 Å². The molecule has 1 amide bonds. The number of carbonyl (C=O) groups is 1. The van der Waals surface area contributed by atoms with E-state index in [-0.39, 0.29) is 11.7 Å². The van der Waals surface area contributed by atoms with Gasteiger partial charge >= 0.3 is 0 Å². The van der Waals surface area contributed by atoms with Crippen LogP contribution in [0.25, 0.3) is 0 Å². The van der Waals surface area contributed by atoms with Crippen molar-refractivity contribution in [1.29, 1.82) is 0 Å². The van der Waals surface area contributed by atoms with E-state index in [0.717, 1.165) is 11.3 Å². The Morgan fingerprint density at radius 3 is 2.57 bits per heavy atom. The zero-order valence-electron chi connectivity index (χ0n) is 11.6. The van der Waals surface area contributed by atoms with Crippen LogP contribution < -0.4 is 10.6 Å². The molecular formula is C16H16ClFN2O. The van der Waals surface area contributed by atoms with Crippen molar-refractivity contribution in [3.8, 4) is 0 Å². The molecule has 0 saturated heterocycles. The molecule has 0 aliphatic rings. The van der Waals surface area contributed by atoms with Gasteiger partial charge in [0.25, 0.3) is 0 Å². The van der Waals surface area contributed by atoms with Gasteiger partial charge in [0.1, 0.15) is 5.82 Å². The molecule has 0 aliphatic carbocycles. The average molecular weight is 307 g/mol. The van der Waals surface area contributed by atoms with Crippen LogP contribution in [0.2, 0.25) is 5.02 Å². The Morgan fingerprint density at radius 1 is 1.19 bits per heavy atom. The van der Waals surface area contributed by atoms with Gasteiger partial charge in [-0.05, 0) is 35.9 Å². The van der Waals surface area contributed by atoms with E-state index >= 15 is 0 Å². The Bertz CT molecular complexity index is 629. The molecule has 0 fully saturated rings. The molecule has 2 aromatic rings. The van der Waals surface area contributed by atoms with Gasteiger partial charge in [0.15, 0.2) is 0 Å². The number of carbonyl (C=O) groups excluding carboxylic acids is 1. The molecule has 0 atom stereocenters. The van der Waals surface area contributed by atoms with Crippen molar-refractivity contribution >= 4 is 28.9 Å². The first-order valence-corrected chi connectivity index (χ1v) is 7.04. The predicted molar refractivity (Wildman–Crippen MR) is 84.1 cm³/mol. The summed E-state index contributed by atoms with van der Waals surface area (Å²) in [6.45, 7) is 2.31. The molecule has 0 unspecified atom stereocenters. The van der Waals surface area contributed by atoms with Gasteiger partial charge in [-0.1, -0.05) is 30.7 Å². The largest absolute Gasteiger partial charge is 0.380 e. The van der Waals surface area contributed by atoms with Gasteiger partial charge in [0, 0.05) is 18.7 Å². The molecule has 0 heterocycles. The van der Waals surface area contributed by atoms with Crippen molar-refractivity contribution in [2.24, 2.45) is 0 Å². The van der Waals surface area contributed by atoms with Crippen LogP contribution in [0.1, 0.15) is 18.9 Å². The third-order valence-electron chi connectivity index (χ3n) is 2.97. The molecule has 2 N–H and O–H groups in total. The lowest BCUT2D eigenvalue weighted by molar-refractivity contribution is -0.115. The van der Waals surface area contributed by atoms with Gasteiger partial charge in [-0.15, -0.1) is 0 Å². The maximum absolute atomic E-state index is 12.8. The lowest BCUT2D eigenvalue weighted by Gasteiger charge is -2.11. The van der Waals surface area contributed by atoms with Crippen LogP contribution in [-0.2, 0) is 11.3 Å². The highest BCUT2D eigenvalue weighted by Crippen LogP contribution is 2.26. The van der Waals surface area contributed by atoms with E-state index in [1.54, 1.807) is 37.3 Å². The van der Waals surface area contributed by atoms with Crippen LogP contribution in [0.3, 0.4) is 0 Å². The Kier molecular flexibility index (Phi) is 5.17. The predicted octanol–water partition coefficient (Wildman–Crippen LogP) is 4.44. The number of hydrogen-bond donors (Lipinski definition) is 2. The summed E-state index contributed by atoms with van der Waals surface area (Å²) < 4.78 is 12.8. The molecule has 2 aromatic carbocycles. The number of halogens is 2. The normalized spacial score (nSPS) is 10.2. The summed E-state index contributed by atoms with van der Waals surface area (Å²) in [7, 11) is 0. The maximum atomic E-state index is 12.8. The average Bonchev–Trinajstić information content (AvgIpc) is 2.49. The topological polar surface area (TPSA) is 41.1 Å². The van der Waals surface area contributed by atoms with E-state index in [0.29, 0.717) is 23.7 Å². The summed E-state index contributed by atoms with van der Waals surface area (Å²) in [4.78, 5) is 11.4. The molecule has 0 saturated carbocycles. The number of rotatable bonds is 5. The minimum atomic E-state index is -0.263. The van der Waals surface area contributed by atoms with Crippen molar-refractivity contribution in [2.45, 2.75) is 19.9 Å². The van der Waals surface area contributed by atoms with E-state index in [1.165, 1.54) is 12.1 Å². The first kappa shape index (κ1) is 15.3. The number of nitrogens with one attached hydrogen (secondary N) is 2. The van der Waals surface area contributed by atoms with Crippen molar-refractivity contribution in [1.82, 2.24) is 0 Å². The van der Waals surface area contributed by atoms with Gasteiger partial charge in [-0.25, -0.2) is 4.39 Å². The Hall–Kier alpha value is -2.07. The van der Waals surface area contributed by atoms with Crippen molar-refractivity contribution in [2.75, 3.05) is 10.6 Å². The fourth-order valence-corrected chi connectivity index (χ4v) is 1.97. The number of hydrogen-bond acceptors (Lipinski definition) is 2. The standard InChI is InChI=1S/C16H16ClFN2O/c1-2-16(21)20-13-7-8-14(17)15(9-13)19-10-11-3-5-12(18)6-4-11/h3-9,19H,2,10H2,1H3,(H,20,21). The maximum Gasteiger partial charge on any atom is 0.224 e. The van der Waals surface area contributed by atoms with Crippen LogP contribution in [0.5, 0.6) is 0 Å². The molecule has 0 aromatic heterocycles. The number of anilines is 2. The fraction of sp³-hybridized carbons (Fsp3) is 0.188. The summed E-state index contributed by atoms with van der Waals surface area (Å²) in [6, 6.07) is 11.5. The van der Waals surface area contributed by atoms with Crippen LogP contribution in [0.4, 0.5) is 15.8 Å². The monoisotopic (exact) mass is 306 g/mol. The van der Waals surface area contributed by atoms with Crippen molar-refractivity contribution in [3.05, 3.63) is 58.9 Å². The second kappa shape index (κ2) is 7.09. The molecule has 5 heteroatoms. The molecule has 0 spiro atoms. The molecular weight excluding hydrogens is 291 g/mol. The van der Waals surface area contributed by atoms with Crippen LogP contribution in [0.15, 0.2) is 42.5 Å². The SMILES string of the molecule is CCC(=O)Nc1ccc(Cl)c(NCc2ccc(F)cc2)c1. The highest BCUT2D eigenvalue weighted by Gasteiger charge is 2.04. The van der Waals surface area contributed by atoms with Crippen LogP contribution in [-0.4, -0.2) is 5.91 Å². The second-order valence-corrected chi connectivity index (χ2v) is 4.98. The Labute approximate surface area is 128 Å². The smallest absolute Gasteiger partial charge is 0.224 e. The van der Waals surface area contributed by atoms with Gasteiger partial charge in [0.2, 0.25) is 5.91 Å². The Balaban J connectivity index is 2.06. The summed E-state index contributed by atoms with van der Waals surface area (Å²) in [5.41, 5.74) is 2.35. The second-order valence-electron chi connectivity index (χ2n) is 4.58. The fourth-order valence-electron chi connectivity index (χ4n) is 1.79. The molecule has 3 nitrogen and oxygen atoms in total. The van der Waals surface area contributed by atoms with Gasteiger partial charge in [0.05, 0.1) is 10.7 Å². The first-order valence-electron chi connectivity index (χ1n) is 6.66. The van der Waals surface area contributed by atoms with Crippen molar-refractivity contribution in [3.63, 3.8) is 0 Å². The summed E-state index contributed by atoms with van der Waals surface area (Å²) in [5, 5.41) is 6.51. The third-order valence-corrected chi connectivity index (χ3v) is 3.30. The van der Waals surface area contributed by atoms with Gasteiger partial charge in [-0.3, -0.25) is 4.79 Å². The first-order chi connectivity index (χ1) is 10.1. The molecule has 110 valence electrons. The lowest BCUT2D eigenvalue weighted by Crippen LogP contribution is -2.09. The summed E-state index contributed by atoms with van der Waals surface area (Å²) >= 11 is 6.12. The van der Waals surface area contributed by atoms with E-state index < -0.39 is 0 Å². The van der Waals surface area contributed by atoms with Gasteiger partial charge < -0.3 is 10.6 Å². The van der Waals surface area contributed by atoms with E-state index in [4.69, 9.17) is 11.6 Å². The zero-order valence-corrected chi connectivity index (χ0v) is 12.4. The quantitative estimate of drug-likeness (QED) is 0.857. The lowest BCUT2D eigenvalue weighted by atomic mass is 10.2. The minimum absolute atomic E-state index is 0.0539. The molecule has 0 bridgehead atoms. The zero-order chi connectivity index (χ0) is 15.2. The van der Waals surface area contributed by atoms with Crippen molar-refractivity contribution < 1.29 is 9.18 Å². The highest BCUT2D eigenvalue weighted by atomic mass is 35.5. The summed E-state index contributed by atoms with van der Waals surface area (Å²) in [5.74, 6) is -0.317. The van der Waals surface area contributed by atoms with E-state index in [1.807, 2.05) is 0 Å².